The lowest BCUT2D eigenvalue weighted by Gasteiger charge is -2.24. The maximum absolute atomic E-state index is 13.3. The van der Waals surface area contributed by atoms with Gasteiger partial charge < -0.3 is 14.2 Å². The first kappa shape index (κ1) is 22.4. The predicted octanol–water partition coefficient (Wildman–Crippen LogP) is 4.11. The highest BCUT2D eigenvalue weighted by atomic mass is 32.2. The highest BCUT2D eigenvalue weighted by Crippen LogP contribution is 2.33. The maximum atomic E-state index is 13.3. The Hall–Kier alpha value is -3.40. The molecule has 0 bridgehead atoms. The highest BCUT2D eigenvalue weighted by molar-refractivity contribution is 7.90. The largest absolute Gasteiger partial charge is 0.444 e. The summed E-state index contributed by atoms with van der Waals surface area (Å²) in [4.78, 5) is 23.6. The summed E-state index contributed by atoms with van der Waals surface area (Å²) in [5.74, 6) is 0.791. The fourth-order valence-corrected chi connectivity index (χ4v) is 5.88. The number of imidazole rings is 1. The van der Waals surface area contributed by atoms with E-state index in [1.807, 2.05) is 27.7 Å². The van der Waals surface area contributed by atoms with Crippen LogP contribution in [-0.2, 0) is 14.8 Å². The molecule has 0 radical (unpaired) electrons. The van der Waals surface area contributed by atoms with Gasteiger partial charge in [-0.05, 0) is 52.3 Å². The van der Waals surface area contributed by atoms with Crippen LogP contribution >= 0.6 is 0 Å². The SMILES string of the molecule is Cc1nc2cnc3c(ccn3S(=O)(=O)c3ccccc3)c2n1C1CCN(C(=O)OC(C)(C)C)C1. The number of nitrogens with zero attached hydrogens (tertiary/aromatic N) is 5. The molecule has 1 atom stereocenters. The van der Waals surface area contributed by atoms with Crippen molar-refractivity contribution in [3.05, 3.63) is 54.6 Å². The van der Waals surface area contributed by atoms with Gasteiger partial charge >= 0.3 is 6.09 Å². The Morgan fingerprint density at radius 2 is 1.88 bits per heavy atom. The monoisotopic (exact) mass is 481 g/mol. The molecule has 5 rings (SSSR count). The van der Waals surface area contributed by atoms with Gasteiger partial charge in [-0.15, -0.1) is 0 Å². The van der Waals surface area contributed by atoms with Crippen molar-refractivity contribution in [3.8, 4) is 0 Å². The number of amides is 1. The zero-order valence-electron chi connectivity index (χ0n) is 19.6. The number of pyridine rings is 1. The van der Waals surface area contributed by atoms with Gasteiger partial charge in [-0.3, -0.25) is 0 Å². The van der Waals surface area contributed by atoms with Gasteiger partial charge in [-0.25, -0.2) is 27.2 Å². The van der Waals surface area contributed by atoms with E-state index in [1.165, 1.54) is 10.2 Å². The first-order valence-corrected chi connectivity index (χ1v) is 12.6. The molecule has 9 nitrogen and oxygen atoms in total. The van der Waals surface area contributed by atoms with E-state index in [1.54, 1.807) is 47.5 Å². The quantitative estimate of drug-likeness (QED) is 0.437. The molecule has 1 aliphatic heterocycles. The number of hydrogen-bond acceptors (Lipinski definition) is 6. The van der Waals surface area contributed by atoms with Crippen LogP contribution in [0.5, 0.6) is 0 Å². The highest BCUT2D eigenvalue weighted by Gasteiger charge is 2.33. The second-order valence-electron chi connectivity index (χ2n) is 9.56. The minimum absolute atomic E-state index is 0.00259. The Morgan fingerprint density at radius 1 is 1.15 bits per heavy atom. The number of carbonyl (C=O) groups is 1. The molecule has 0 N–H and O–H groups in total. The number of hydrogen-bond donors (Lipinski definition) is 0. The number of aromatic nitrogens is 4. The van der Waals surface area contributed by atoms with Crippen LogP contribution in [0.4, 0.5) is 4.79 Å². The smallest absolute Gasteiger partial charge is 0.410 e. The number of aryl methyl sites for hydroxylation is 1. The van der Waals surface area contributed by atoms with E-state index >= 15 is 0 Å². The second kappa shape index (κ2) is 7.83. The van der Waals surface area contributed by atoms with Gasteiger partial charge in [0.15, 0.2) is 5.65 Å². The summed E-state index contributed by atoms with van der Waals surface area (Å²) < 4.78 is 35.4. The Kier molecular flexibility index (Phi) is 5.16. The predicted molar refractivity (Wildman–Crippen MR) is 128 cm³/mol. The van der Waals surface area contributed by atoms with Crippen LogP contribution in [0.15, 0.2) is 53.7 Å². The first-order valence-electron chi connectivity index (χ1n) is 11.2. The minimum atomic E-state index is -3.80. The average molecular weight is 482 g/mol. The van der Waals surface area contributed by atoms with Crippen molar-refractivity contribution >= 4 is 38.2 Å². The lowest BCUT2D eigenvalue weighted by molar-refractivity contribution is 0.0289. The third kappa shape index (κ3) is 3.71. The summed E-state index contributed by atoms with van der Waals surface area (Å²) in [7, 11) is -3.80. The summed E-state index contributed by atoms with van der Waals surface area (Å²) in [6.07, 6.45) is 3.56. The van der Waals surface area contributed by atoms with E-state index in [0.29, 0.717) is 29.6 Å². The Bertz CT molecular complexity index is 1500. The summed E-state index contributed by atoms with van der Waals surface area (Å²) >= 11 is 0. The van der Waals surface area contributed by atoms with E-state index in [2.05, 4.69) is 14.5 Å². The van der Waals surface area contributed by atoms with Crippen LogP contribution in [0, 0.1) is 6.92 Å². The van der Waals surface area contributed by atoms with Gasteiger partial charge in [0.05, 0.1) is 22.7 Å². The van der Waals surface area contributed by atoms with Crippen molar-refractivity contribution in [2.75, 3.05) is 13.1 Å². The summed E-state index contributed by atoms with van der Waals surface area (Å²) in [6, 6.07) is 10.1. The summed E-state index contributed by atoms with van der Waals surface area (Å²) in [5, 5.41) is 0.702. The molecule has 4 heterocycles. The first-order chi connectivity index (χ1) is 16.1. The zero-order chi connectivity index (χ0) is 24.3. The number of rotatable bonds is 3. The second-order valence-corrected chi connectivity index (χ2v) is 11.4. The molecule has 1 fully saturated rings. The molecule has 0 spiro atoms. The lowest BCUT2D eigenvalue weighted by Crippen LogP contribution is -2.35. The number of benzene rings is 1. The standard InChI is InChI=1S/C24H27N5O4S/c1-16-26-20-14-25-22-19(11-13-28(22)34(31,32)18-8-6-5-7-9-18)21(20)29(16)17-10-12-27(15-17)23(30)33-24(2,3)4/h5-9,11,13-14,17H,10,12,15H2,1-4H3. The van der Waals surface area contributed by atoms with Crippen molar-refractivity contribution in [1.82, 2.24) is 23.4 Å². The van der Waals surface area contributed by atoms with Gasteiger partial charge in [-0.1, -0.05) is 18.2 Å². The molecule has 4 aromatic rings. The number of fused-ring (bicyclic) bond motifs is 3. The van der Waals surface area contributed by atoms with Crippen molar-refractivity contribution < 1.29 is 17.9 Å². The zero-order valence-corrected chi connectivity index (χ0v) is 20.4. The van der Waals surface area contributed by atoms with E-state index in [0.717, 1.165) is 17.8 Å². The molecule has 10 heteroatoms. The molecule has 178 valence electrons. The van der Waals surface area contributed by atoms with E-state index in [-0.39, 0.29) is 17.0 Å². The Morgan fingerprint density at radius 3 is 2.59 bits per heavy atom. The number of likely N-dealkylation sites (tertiary alicyclic amines) is 1. The fourth-order valence-electron chi connectivity index (χ4n) is 4.56. The fraction of sp³-hybridized carbons (Fsp3) is 0.375. The van der Waals surface area contributed by atoms with Crippen LogP contribution in [0.25, 0.3) is 22.1 Å². The summed E-state index contributed by atoms with van der Waals surface area (Å²) in [5.41, 5.74) is 1.30. The maximum Gasteiger partial charge on any atom is 0.410 e. The molecular weight excluding hydrogens is 454 g/mol. The van der Waals surface area contributed by atoms with Gasteiger partial charge in [0.25, 0.3) is 10.0 Å². The Labute approximate surface area is 198 Å². The van der Waals surface area contributed by atoms with Crippen molar-refractivity contribution in [3.63, 3.8) is 0 Å². The summed E-state index contributed by atoms with van der Waals surface area (Å²) in [6.45, 7) is 8.54. The van der Waals surface area contributed by atoms with Crippen molar-refractivity contribution in [2.24, 2.45) is 0 Å². The van der Waals surface area contributed by atoms with Crippen LogP contribution in [0.3, 0.4) is 0 Å². The molecule has 0 aliphatic carbocycles. The van der Waals surface area contributed by atoms with Gasteiger partial charge in [-0.2, -0.15) is 0 Å². The minimum Gasteiger partial charge on any atom is -0.444 e. The van der Waals surface area contributed by atoms with Crippen LogP contribution < -0.4 is 0 Å². The van der Waals surface area contributed by atoms with Gasteiger partial charge in [0.2, 0.25) is 0 Å². The van der Waals surface area contributed by atoms with Crippen LogP contribution in [-0.4, -0.2) is 56.6 Å². The molecule has 1 amide bonds. The number of ether oxygens (including phenoxy) is 1. The topological polar surface area (TPSA) is 99.3 Å². The van der Waals surface area contributed by atoms with Crippen LogP contribution in [0.2, 0.25) is 0 Å². The molecular formula is C24H27N5O4S. The van der Waals surface area contributed by atoms with Crippen molar-refractivity contribution in [1.29, 1.82) is 0 Å². The van der Waals surface area contributed by atoms with E-state index in [4.69, 9.17) is 4.74 Å². The third-order valence-corrected chi connectivity index (χ3v) is 7.67. The lowest BCUT2D eigenvalue weighted by atomic mass is 10.2. The molecule has 1 aliphatic rings. The molecule has 34 heavy (non-hydrogen) atoms. The third-order valence-electron chi connectivity index (χ3n) is 5.99. The van der Waals surface area contributed by atoms with Gasteiger partial charge in [0.1, 0.15) is 16.9 Å². The van der Waals surface area contributed by atoms with Crippen molar-refractivity contribution in [2.45, 2.75) is 50.7 Å². The molecule has 1 saturated heterocycles. The molecule has 1 unspecified atom stereocenters. The molecule has 1 aromatic carbocycles. The number of carbonyl (C=O) groups excluding carboxylic acids is 1. The van der Waals surface area contributed by atoms with E-state index in [9.17, 15) is 13.2 Å². The molecule has 3 aromatic heterocycles. The molecule has 0 saturated carbocycles. The normalized spacial score (nSPS) is 17.1. The van der Waals surface area contributed by atoms with E-state index < -0.39 is 15.6 Å². The van der Waals surface area contributed by atoms with Gasteiger partial charge in [0, 0.05) is 24.7 Å². The Balaban J connectivity index is 1.57. The van der Waals surface area contributed by atoms with Crippen LogP contribution in [0.1, 0.15) is 39.1 Å². The average Bonchev–Trinajstić information content (AvgIpc) is 3.48.